The lowest BCUT2D eigenvalue weighted by Crippen LogP contribution is -2.45. The molecule has 2 amide bonds. The van der Waals surface area contributed by atoms with Gasteiger partial charge in [-0.3, -0.25) is 4.79 Å². The van der Waals surface area contributed by atoms with E-state index in [0.717, 1.165) is 6.42 Å². The van der Waals surface area contributed by atoms with E-state index in [1.807, 2.05) is 20.8 Å². The van der Waals surface area contributed by atoms with Crippen LogP contribution in [0.2, 0.25) is 0 Å². The fourth-order valence-electron chi connectivity index (χ4n) is 1.12. The van der Waals surface area contributed by atoms with Gasteiger partial charge < -0.3 is 15.7 Å². The van der Waals surface area contributed by atoms with Crippen LogP contribution in [-0.4, -0.2) is 29.7 Å². The minimum Gasteiger partial charge on any atom is -0.480 e. The molecule has 0 aliphatic heterocycles. The topological polar surface area (TPSA) is 78.4 Å². The minimum atomic E-state index is -1.04. The fraction of sp³-hybridized carbons (Fsp3) is 0.778. The third kappa shape index (κ3) is 5.40. The van der Waals surface area contributed by atoms with E-state index in [2.05, 4.69) is 10.6 Å². The zero-order valence-corrected chi connectivity index (χ0v) is 8.83. The number of rotatable bonds is 5. The Kier molecular flexibility index (Phi) is 5.67. The van der Waals surface area contributed by atoms with Gasteiger partial charge in [-0.1, -0.05) is 20.8 Å². The highest BCUT2D eigenvalue weighted by Gasteiger charge is 2.13. The molecule has 0 aromatic heterocycles. The van der Waals surface area contributed by atoms with Crippen molar-refractivity contribution in [2.45, 2.75) is 33.2 Å². The largest absolute Gasteiger partial charge is 0.480 e. The van der Waals surface area contributed by atoms with E-state index in [4.69, 9.17) is 5.11 Å². The number of carbonyl (C=O) groups is 2. The molecule has 5 heteroatoms. The van der Waals surface area contributed by atoms with Gasteiger partial charge in [0.05, 0.1) is 0 Å². The summed E-state index contributed by atoms with van der Waals surface area (Å²) in [6.45, 7) is 5.64. The van der Waals surface area contributed by atoms with Gasteiger partial charge in [-0.25, -0.2) is 4.79 Å². The summed E-state index contributed by atoms with van der Waals surface area (Å²) in [6, 6.07) is -0.336. The average Bonchev–Trinajstić information content (AvgIpc) is 2.10. The number of nitrogens with one attached hydrogen (secondary N) is 2. The summed E-state index contributed by atoms with van der Waals surface area (Å²) in [5.74, 6) is -0.701. The molecule has 0 saturated carbocycles. The second kappa shape index (κ2) is 6.23. The van der Waals surface area contributed by atoms with E-state index in [0.29, 0.717) is 5.92 Å². The van der Waals surface area contributed by atoms with Crippen molar-refractivity contribution in [1.82, 2.24) is 10.6 Å². The molecule has 0 fully saturated rings. The number of hydrogen-bond donors (Lipinski definition) is 3. The van der Waals surface area contributed by atoms with Crippen LogP contribution in [0.25, 0.3) is 0 Å². The molecule has 1 unspecified atom stereocenters. The Morgan fingerprint density at radius 2 is 1.93 bits per heavy atom. The normalized spacial score (nSPS) is 12.3. The van der Waals surface area contributed by atoms with Gasteiger partial charge in [0.25, 0.3) is 0 Å². The number of hydrogen-bond acceptors (Lipinski definition) is 2. The molecule has 5 nitrogen and oxygen atoms in total. The van der Waals surface area contributed by atoms with Gasteiger partial charge in [0.1, 0.15) is 6.54 Å². The SMILES string of the molecule is CCC(NC(=O)NCC(=O)O)C(C)C. The smallest absolute Gasteiger partial charge is 0.323 e. The van der Waals surface area contributed by atoms with Crippen LogP contribution >= 0.6 is 0 Å². The van der Waals surface area contributed by atoms with Gasteiger partial charge in [-0.05, 0) is 12.3 Å². The maximum absolute atomic E-state index is 11.1. The molecule has 0 bridgehead atoms. The van der Waals surface area contributed by atoms with E-state index in [1.54, 1.807) is 0 Å². The Morgan fingerprint density at radius 3 is 2.29 bits per heavy atom. The first-order chi connectivity index (χ1) is 6.47. The van der Waals surface area contributed by atoms with Crippen LogP contribution in [0.1, 0.15) is 27.2 Å². The zero-order chi connectivity index (χ0) is 11.1. The van der Waals surface area contributed by atoms with Crippen molar-refractivity contribution >= 4 is 12.0 Å². The summed E-state index contributed by atoms with van der Waals surface area (Å²) in [5.41, 5.74) is 0. The van der Waals surface area contributed by atoms with Gasteiger partial charge in [-0.2, -0.15) is 0 Å². The highest BCUT2D eigenvalue weighted by Crippen LogP contribution is 2.04. The predicted molar refractivity (Wildman–Crippen MR) is 53.1 cm³/mol. The van der Waals surface area contributed by atoms with Gasteiger partial charge in [0.2, 0.25) is 0 Å². The Hall–Kier alpha value is -1.26. The molecule has 0 aliphatic carbocycles. The van der Waals surface area contributed by atoms with Crippen LogP contribution in [-0.2, 0) is 4.79 Å². The summed E-state index contributed by atoms with van der Waals surface area (Å²) in [4.78, 5) is 21.3. The average molecular weight is 202 g/mol. The maximum atomic E-state index is 11.1. The molecule has 0 aromatic rings. The zero-order valence-electron chi connectivity index (χ0n) is 8.83. The van der Waals surface area contributed by atoms with Crippen LogP contribution in [0.4, 0.5) is 4.79 Å². The van der Waals surface area contributed by atoms with Gasteiger partial charge in [-0.15, -0.1) is 0 Å². The third-order valence-electron chi connectivity index (χ3n) is 1.96. The quantitative estimate of drug-likeness (QED) is 0.617. The minimum absolute atomic E-state index is 0.0868. The van der Waals surface area contributed by atoms with E-state index in [1.165, 1.54) is 0 Å². The molecule has 1 atom stereocenters. The summed E-state index contributed by atoms with van der Waals surface area (Å²) in [6.07, 6.45) is 0.832. The second-order valence-electron chi connectivity index (χ2n) is 3.48. The summed E-state index contributed by atoms with van der Waals surface area (Å²) >= 11 is 0. The molecule has 0 rings (SSSR count). The van der Waals surface area contributed by atoms with Crippen molar-refractivity contribution in [3.63, 3.8) is 0 Å². The van der Waals surface area contributed by atoms with Crippen LogP contribution in [0.15, 0.2) is 0 Å². The lowest BCUT2D eigenvalue weighted by Gasteiger charge is -2.20. The van der Waals surface area contributed by atoms with Crippen molar-refractivity contribution in [3.05, 3.63) is 0 Å². The van der Waals surface area contributed by atoms with Crippen LogP contribution in [0.5, 0.6) is 0 Å². The summed E-state index contributed by atoms with van der Waals surface area (Å²) < 4.78 is 0. The molecular formula is C9H18N2O3. The summed E-state index contributed by atoms with van der Waals surface area (Å²) in [5, 5.41) is 13.3. The molecule has 0 radical (unpaired) electrons. The van der Waals surface area contributed by atoms with Crippen LogP contribution in [0.3, 0.4) is 0 Å². The van der Waals surface area contributed by atoms with Crippen LogP contribution in [0, 0.1) is 5.92 Å². The molecule has 14 heavy (non-hydrogen) atoms. The molecule has 0 spiro atoms. The fourth-order valence-corrected chi connectivity index (χ4v) is 1.12. The monoisotopic (exact) mass is 202 g/mol. The van der Waals surface area contributed by atoms with Gasteiger partial charge in [0, 0.05) is 6.04 Å². The lowest BCUT2D eigenvalue weighted by atomic mass is 10.0. The number of carboxylic acids is 1. The molecule has 0 aliphatic rings. The number of carboxylic acid groups (broad SMARTS) is 1. The maximum Gasteiger partial charge on any atom is 0.323 e. The standard InChI is InChI=1S/C9H18N2O3/c1-4-7(6(2)3)11-9(14)10-5-8(12)13/h6-7H,4-5H2,1-3H3,(H,12,13)(H2,10,11,14). The molecule has 0 saturated heterocycles. The number of carbonyl (C=O) groups excluding carboxylic acids is 1. The third-order valence-corrected chi connectivity index (χ3v) is 1.96. The Bertz CT molecular complexity index is 204. The van der Waals surface area contributed by atoms with E-state index in [9.17, 15) is 9.59 Å². The van der Waals surface area contributed by atoms with Crippen molar-refractivity contribution in [2.75, 3.05) is 6.54 Å². The molecule has 0 aromatic carbocycles. The first kappa shape index (κ1) is 12.7. The molecule has 82 valence electrons. The van der Waals surface area contributed by atoms with E-state index in [-0.39, 0.29) is 12.6 Å². The molecular weight excluding hydrogens is 184 g/mol. The van der Waals surface area contributed by atoms with E-state index >= 15 is 0 Å². The van der Waals surface area contributed by atoms with Crippen molar-refractivity contribution in [1.29, 1.82) is 0 Å². The molecule has 0 heterocycles. The molecule has 3 N–H and O–H groups in total. The Balaban J connectivity index is 3.85. The van der Waals surface area contributed by atoms with Crippen molar-refractivity contribution < 1.29 is 14.7 Å². The number of amides is 2. The number of urea groups is 1. The predicted octanol–water partition coefficient (Wildman–Crippen LogP) is 0.805. The number of aliphatic carboxylic acids is 1. The highest BCUT2D eigenvalue weighted by atomic mass is 16.4. The second-order valence-corrected chi connectivity index (χ2v) is 3.48. The first-order valence-corrected chi connectivity index (χ1v) is 4.73. The highest BCUT2D eigenvalue weighted by molar-refractivity contribution is 5.79. The van der Waals surface area contributed by atoms with Crippen LogP contribution < -0.4 is 10.6 Å². The van der Waals surface area contributed by atoms with Gasteiger partial charge >= 0.3 is 12.0 Å². The Morgan fingerprint density at radius 1 is 1.36 bits per heavy atom. The van der Waals surface area contributed by atoms with Crippen molar-refractivity contribution in [2.24, 2.45) is 5.92 Å². The summed E-state index contributed by atoms with van der Waals surface area (Å²) in [7, 11) is 0. The van der Waals surface area contributed by atoms with Gasteiger partial charge in [0.15, 0.2) is 0 Å². The first-order valence-electron chi connectivity index (χ1n) is 4.73. The van der Waals surface area contributed by atoms with E-state index < -0.39 is 12.0 Å². The van der Waals surface area contributed by atoms with Crippen molar-refractivity contribution in [3.8, 4) is 0 Å². The Labute approximate surface area is 83.9 Å². The lowest BCUT2D eigenvalue weighted by molar-refractivity contribution is -0.135.